The first-order valence-corrected chi connectivity index (χ1v) is 5.58. The molecule has 0 bridgehead atoms. The zero-order chi connectivity index (χ0) is 11.6. The molecule has 1 atom stereocenters. The van der Waals surface area contributed by atoms with Crippen molar-refractivity contribution in [1.29, 1.82) is 0 Å². The third-order valence-corrected chi connectivity index (χ3v) is 3.35. The van der Waals surface area contributed by atoms with Crippen molar-refractivity contribution in [1.82, 2.24) is 5.32 Å². The molecule has 0 amide bonds. The van der Waals surface area contributed by atoms with Crippen LogP contribution in [0.5, 0.6) is 0 Å². The quantitative estimate of drug-likeness (QED) is 0.614. The van der Waals surface area contributed by atoms with Gasteiger partial charge >= 0.3 is 0 Å². The van der Waals surface area contributed by atoms with Gasteiger partial charge in [0, 0.05) is 23.6 Å². The van der Waals surface area contributed by atoms with Crippen molar-refractivity contribution in [2.75, 3.05) is 13.1 Å². The molecule has 1 aliphatic rings. The summed E-state index contributed by atoms with van der Waals surface area (Å²) in [5.41, 5.74) is 0.989. The average Bonchev–Trinajstić information content (AvgIpc) is 2.30. The van der Waals surface area contributed by atoms with Gasteiger partial charge in [-0.3, -0.25) is 10.1 Å². The minimum absolute atomic E-state index is 0.109. The molecule has 0 aliphatic carbocycles. The van der Waals surface area contributed by atoms with Crippen molar-refractivity contribution in [3.05, 3.63) is 39.9 Å². The summed E-state index contributed by atoms with van der Waals surface area (Å²) in [5.74, 6) is 0. The molecular weight excluding hydrogens is 204 g/mol. The van der Waals surface area contributed by atoms with Crippen molar-refractivity contribution >= 4 is 5.69 Å². The van der Waals surface area contributed by atoms with Gasteiger partial charge in [-0.1, -0.05) is 25.1 Å². The number of nitrogens with one attached hydrogen (secondary N) is 1. The van der Waals surface area contributed by atoms with E-state index >= 15 is 0 Å². The van der Waals surface area contributed by atoms with Gasteiger partial charge in [-0.05, 0) is 19.4 Å². The topological polar surface area (TPSA) is 55.2 Å². The number of nitrogens with zero attached hydrogens (tertiary/aromatic N) is 1. The lowest BCUT2D eigenvalue weighted by Crippen LogP contribution is -2.41. The van der Waals surface area contributed by atoms with Crippen LogP contribution in [0.2, 0.25) is 0 Å². The van der Waals surface area contributed by atoms with E-state index in [1.54, 1.807) is 12.1 Å². The highest BCUT2D eigenvalue weighted by Crippen LogP contribution is 2.36. The molecule has 1 aliphatic heterocycles. The predicted octanol–water partition coefficient (Wildman–Crippen LogP) is 2.24. The largest absolute Gasteiger partial charge is 0.316 e. The van der Waals surface area contributed by atoms with E-state index < -0.39 is 0 Å². The predicted molar refractivity (Wildman–Crippen MR) is 62.6 cm³/mol. The summed E-state index contributed by atoms with van der Waals surface area (Å²) in [5, 5.41) is 14.3. The van der Waals surface area contributed by atoms with Crippen molar-refractivity contribution < 1.29 is 4.92 Å². The van der Waals surface area contributed by atoms with Crippen LogP contribution in [0.4, 0.5) is 5.69 Å². The summed E-state index contributed by atoms with van der Waals surface area (Å²) in [4.78, 5) is 10.7. The molecule has 16 heavy (non-hydrogen) atoms. The second-order valence-corrected chi connectivity index (χ2v) is 4.62. The Bertz CT molecular complexity index is 398. The van der Waals surface area contributed by atoms with Crippen LogP contribution < -0.4 is 5.32 Å². The van der Waals surface area contributed by atoms with Gasteiger partial charge in [0.25, 0.3) is 5.69 Å². The summed E-state index contributed by atoms with van der Waals surface area (Å²) < 4.78 is 0. The number of piperidine rings is 1. The highest BCUT2D eigenvalue weighted by atomic mass is 16.6. The van der Waals surface area contributed by atoms with Crippen molar-refractivity contribution in [2.24, 2.45) is 0 Å². The van der Waals surface area contributed by atoms with Crippen molar-refractivity contribution in [2.45, 2.75) is 25.2 Å². The molecule has 86 valence electrons. The Hall–Kier alpha value is -1.42. The molecule has 1 aromatic carbocycles. The number of para-hydroxylation sites is 1. The van der Waals surface area contributed by atoms with Crippen LogP contribution in [0.3, 0.4) is 0 Å². The molecule has 1 unspecified atom stereocenters. The summed E-state index contributed by atoms with van der Waals surface area (Å²) in [7, 11) is 0. The Kier molecular flexibility index (Phi) is 2.92. The molecule has 1 N–H and O–H groups in total. The molecule has 4 heteroatoms. The smallest absolute Gasteiger partial charge is 0.273 e. The maximum Gasteiger partial charge on any atom is 0.273 e. The first kappa shape index (κ1) is 11.1. The number of hydrogen-bond acceptors (Lipinski definition) is 3. The highest BCUT2D eigenvalue weighted by Gasteiger charge is 2.34. The molecule has 1 aromatic rings. The molecule has 4 nitrogen and oxygen atoms in total. The Morgan fingerprint density at radius 1 is 1.44 bits per heavy atom. The van der Waals surface area contributed by atoms with Gasteiger partial charge < -0.3 is 5.32 Å². The van der Waals surface area contributed by atoms with Crippen molar-refractivity contribution in [3.63, 3.8) is 0 Å². The van der Waals surface area contributed by atoms with Crippen LogP contribution in [0, 0.1) is 10.1 Å². The second kappa shape index (κ2) is 4.22. The van der Waals surface area contributed by atoms with E-state index in [2.05, 4.69) is 12.2 Å². The van der Waals surface area contributed by atoms with Crippen LogP contribution in [-0.4, -0.2) is 18.0 Å². The molecule has 1 saturated heterocycles. The van der Waals surface area contributed by atoms with E-state index in [-0.39, 0.29) is 16.0 Å². The Morgan fingerprint density at radius 3 is 2.81 bits per heavy atom. The molecule has 0 radical (unpaired) electrons. The summed E-state index contributed by atoms with van der Waals surface area (Å²) >= 11 is 0. The van der Waals surface area contributed by atoms with Crippen LogP contribution >= 0.6 is 0 Å². The van der Waals surface area contributed by atoms with Gasteiger partial charge in [0.05, 0.1) is 4.92 Å². The van der Waals surface area contributed by atoms with Gasteiger partial charge in [0.1, 0.15) is 0 Å². The van der Waals surface area contributed by atoms with Crippen LogP contribution in [0.15, 0.2) is 24.3 Å². The molecule has 2 rings (SSSR count). The highest BCUT2D eigenvalue weighted by molar-refractivity contribution is 5.45. The first-order valence-electron chi connectivity index (χ1n) is 5.58. The van der Waals surface area contributed by atoms with E-state index in [0.717, 1.165) is 31.5 Å². The standard InChI is InChI=1S/C12H16N2O2/c1-12(7-4-8-13-9-12)10-5-2-3-6-11(10)14(15)16/h2-3,5-6,13H,4,7-9H2,1H3. The maximum atomic E-state index is 11.0. The fourth-order valence-electron chi connectivity index (χ4n) is 2.43. The average molecular weight is 220 g/mol. The Balaban J connectivity index is 2.42. The maximum absolute atomic E-state index is 11.0. The van der Waals surface area contributed by atoms with E-state index in [1.807, 2.05) is 12.1 Å². The van der Waals surface area contributed by atoms with Crippen LogP contribution in [0.25, 0.3) is 0 Å². The first-order chi connectivity index (χ1) is 7.63. The number of nitro groups is 1. The van der Waals surface area contributed by atoms with E-state index in [9.17, 15) is 10.1 Å². The zero-order valence-electron chi connectivity index (χ0n) is 9.40. The normalized spacial score (nSPS) is 25.3. The van der Waals surface area contributed by atoms with E-state index in [0.29, 0.717) is 0 Å². The molecule has 0 saturated carbocycles. The molecule has 0 aromatic heterocycles. The van der Waals surface area contributed by atoms with Crippen LogP contribution in [0.1, 0.15) is 25.3 Å². The fraction of sp³-hybridized carbons (Fsp3) is 0.500. The van der Waals surface area contributed by atoms with Crippen LogP contribution in [-0.2, 0) is 5.41 Å². The van der Waals surface area contributed by atoms with Gasteiger partial charge in [-0.25, -0.2) is 0 Å². The third kappa shape index (κ3) is 1.93. The number of nitro benzene ring substituents is 1. The molecule has 1 heterocycles. The Morgan fingerprint density at radius 2 is 2.19 bits per heavy atom. The van der Waals surface area contributed by atoms with Gasteiger partial charge in [0.15, 0.2) is 0 Å². The minimum Gasteiger partial charge on any atom is -0.316 e. The lowest BCUT2D eigenvalue weighted by Gasteiger charge is -2.34. The fourth-order valence-corrected chi connectivity index (χ4v) is 2.43. The third-order valence-electron chi connectivity index (χ3n) is 3.35. The SMILES string of the molecule is CC1(c2ccccc2[N+](=O)[O-])CCCNC1. The second-order valence-electron chi connectivity index (χ2n) is 4.62. The number of rotatable bonds is 2. The van der Waals surface area contributed by atoms with Gasteiger partial charge in [0.2, 0.25) is 0 Å². The minimum atomic E-state index is -0.283. The number of benzene rings is 1. The summed E-state index contributed by atoms with van der Waals surface area (Å²) in [6.45, 7) is 3.93. The number of hydrogen-bond donors (Lipinski definition) is 1. The summed E-state index contributed by atoms with van der Waals surface area (Å²) in [6.07, 6.45) is 2.08. The Labute approximate surface area is 94.8 Å². The van der Waals surface area contributed by atoms with E-state index in [1.165, 1.54) is 0 Å². The monoisotopic (exact) mass is 220 g/mol. The lowest BCUT2D eigenvalue weighted by atomic mass is 9.76. The van der Waals surface area contributed by atoms with Crippen molar-refractivity contribution in [3.8, 4) is 0 Å². The zero-order valence-corrected chi connectivity index (χ0v) is 9.40. The lowest BCUT2D eigenvalue weighted by molar-refractivity contribution is -0.386. The molecule has 1 fully saturated rings. The van der Waals surface area contributed by atoms with Gasteiger partial charge in [-0.2, -0.15) is 0 Å². The molecular formula is C12H16N2O2. The molecule has 0 spiro atoms. The van der Waals surface area contributed by atoms with E-state index in [4.69, 9.17) is 0 Å². The van der Waals surface area contributed by atoms with Gasteiger partial charge in [-0.15, -0.1) is 0 Å². The summed E-state index contributed by atoms with van der Waals surface area (Å²) in [6, 6.07) is 7.07.